The van der Waals surface area contributed by atoms with Crippen molar-refractivity contribution >= 4 is 17.0 Å². The fourth-order valence-corrected chi connectivity index (χ4v) is 2.28. The summed E-state index contributed by atoms with van der Waals surface area (Å²) < 4.78 is 5.16. The second-order valence-corrected chi connectivity index (χ2v) is 4.58. The largest absolute Gasteiger partial charge is 0.508 e. The van der Waals surface area contributed by atoms with E-state index in [1.165, 1.54) is 0 Å². The minimum absolute atomic E-state index is 0.0275. The summed E-state index contributed by atoms with van der Waals surface area (Å²) in [5.41, 5.74) is 1.89. The predicted molar refractivity (Wildman–Crippen MR) is 71.0 cm³/mol. The molecule has 0 radical (unpaired) electrons. The van der Waals surface area contributed by atoms with Gasteiger partial charge >= 0.3 is 0 Å². The Morgan fingerprint density at radius 1 is 1.35 bits per heavy atom. The van der Waals surface area contributed by atoms with Gasteiger partial charge in [-0.25, -0.2) is 0 Å². The Morgan fingerprint density at radius 3 is 2.82 bits per heavy atom. The van der Waals surface area contributed by atoms with Crippen molar-refractivity contribution in [1.82, 2.24) is 0 Å². The third-order valence-corrected chi connectivity index (χ3v) is 3.29. The SMILES string of the molecule is COc1ccc(O)c(C(C)Nc2ccsc2)c1. The molecule has 0 amide bonds. The number of ether oxygens (including phenoxy) is 1. The fraction of sp³-hybridized carbons (Fsp3) is 0.231. The van der Waals surface area contributed by atoms with E-state index in [-0.39, 0.29) is 11.8 Å². The molecule has 17 heavy (non-hydrogen) atoms. The van der Waals surface area contributed by atoms with Crippen LogP contribution in [-0.2, 0) is 0 Å². The van der Waals surface area contributed by atoms with Gasteiger partial charge in [-0.05, 0) is 36.6 Å². The van der Waals surface area contributed by atoms with E-state index in [0.717, 1.165) is 17.0 Å². The molecule has 0 saturated carbocycles. The average Bonchev–Trinajstić information content (AvgIpc) is 2.82. The van der Waals surface area contributed by atoms with E-state index in [1.54, 1.807) is 30.6 Å². The minimum atomic E-state index is 0.0275. The Balaban J connectivity index is 2.20. The zero-order valence-electron chi connectivity index (χ0n) is 9.81. The van der Waals surface area contributed by atoms with Crippen LogP contribution in [0.15, 0.2) is 35.0 Å². The summed E-state index contributed by atoms with van der Waals surface area (Å²) in [6, 6.07) is 7.29. The quantitative estimate of drug-likeness (QED) is 0.869. The van der Waals surface area contributed by atoms with Gasteiger partial charge in [0.2, 0.25) is 0 Å². The first-order valence-electron chi connectivity index (χ1n) is 5.36. The summed E-state index contributed by atoms with van der Waals surface area (Å²) >= 11 is 1.64. The molecule has 4 heteroatoms. The van der Waals surface area contributed by atoms with Crippen LogP contribution in [0.5, 0.6) is 11.5 Å². The molecule has 1 aromatic heterocycles. The van der Waals surface area contributed by atoms with E-state index in [4.69, 9.17) is 4.74 Å². The number of hydrogen-bond donors (Lipinski definition) is 2. The summed E-state index contributed by atoms with van der Waals surface area (Å²) in [7, 11) is 1.62. The lowest BCUT2D eigenvalue weighted by Crippen LogP contribution is -2.06. The normalized spacial score (nSPS) is 12.1. The molecule has 1 aromatic carbocycles. The highest BCUT2D eigenvalue weighted by molar-refractivity contribution is 7.08. The Kier molecular flexibility index (Phi) is 3.54. The molecule has 1 heterocycles. The Hall–Kier alpha value is -1.68. The van der Waals surface area contributed by atoms with Crippen LogP contribution in [0.1, 0.15) is 18.5 Å². The Morgan fingerprint density at radius 2 is 2.18 bits per heavy atom. The number of nitrogens with one attached hydrogen (secondary N) is 1. The molecular formula is C13H15NO2S. The van der Waals surface area contributed by atoms with Crippen molar-refractivity contribution in [1.29, 1.82) is 0 Å². The van der Waals surface area contributed by atoms with Gasteiger partial charge in [-0.2, -0.15) is 11.3 Å². The molecule has 0 aliphatic carbocycles. The lowest BCUT2D eigenvalue weighted by molar-refractivity contribution is 0.410. The van der Waals surface area contributed by atoms with Crippen molar-refractivity contribution < 1.29 is 9.84 Å². The van der Waals surface area contributed by atoms with Gasteiger partial charge in [-0.15, -0.1) is 0 Å². The molecule has 2 N–H and O–H groups in total. The highest BCUT2D eigenvalue weighted by atomic mass is 32.1. The van der Waals surface area contributed by atoms with Gasteiger partial charge in [0.05, 0.1) is 13.2 Å². The zero-order valence-corrected chi connectivity index (χ0v) is 10.6. The van der Waals surface area contributed by atoms with Crippen LogP contribution in [0.3, 0.4) is 0 Å². The van der Waals surface area contributed by atoms with Crippen molar-refractivity contribution in [3.05, 3.63) is 40.6 Å². The van der Waals surface area contributed by atoms with Crippen molar-refractivity contribution in [3.8, 4) is 11.5 Å². The summed E-state index contributed by atoms with van der Waals surface area (Å²) in [6.45, 7) is 2.01. The van der Waals surface area contributed by atoms with Crippen LogP contribution in [0.4, 0.5) is 5.69 Å². The number of phenols is 1. The molecule has 0 spiro atoms. The summed E-state index contributed by atoms with van der Waals surface area (Å²) in [5.74, 6) is 1.03. The summed E-state index contributed by atoms with van der Waals surface area (Å²) in [6.07, 6.45) is 0. The maximum atomic E-state index is 9.84. The number of hydrogen-bond acceptors (Lipinski definition) is 4. The molecule has 0 saturated heterocycles. The van der Waals surface area contributed by atoms with Crippen LogP contribution in [0.2, 0.25) is 0 Å². The first-order chi connectivity index (χ1) is 8.20. The zero-order chi connectivity index (χ0) is 12.3. The first kappa shape index (κ1) is 11.8. The van der Waals surface area contributed by atoms with Gasteiger partial charge in [-0.1, -0.05) is 0 Å². The molecule has 0 aliphatic rings. The van der Waals surface area contributed by atoms with Gasteiger partial charge < -0.3 is 15.2 Å². The van der Waals surface area contributed by atoms with E-state index in [1.807, 2.05) is 29.8 Å². The lowest BCUT2D eigenvalue weighted by atomic mass is 10.1. The van der Waals surface area contributed by atoms with Crippen molar-refractivity contribution in [2.75, 3.05) is 12.4 Å². The smallest absolute Gasteiger partial charge is 0.121 e. The number of benzene rings is 1. The van der Waals surface area contributed by atoms with Gasteiger partial charge in [0.25, 0.3) is 0 Å². The van der Waals surface area contributed by atoms with Crippen molar-refractivity contribution in [3.63, 3.8) is 0 Å². The molecule has 2 aromatic rings. The molecule has 1 atom stereocenters. The fourth-order valence-electron chi connectivity index (χ4n) is 1.68. The van der Waals surface area contributed by atoms with E-state index in [9.17, 15) is 5.11 Å². The van der Waals surface area contributed by atoms with E-state index in [0.29, 0.717) is 0 Å². The predicted octanol–water partition coefficient (Wildman–Crippen LogP) is 3.64. The third-order valence-electron chi connectivity index (χ3n) is 2.61. The number of methoxy groups -OCH3 is 1. The Labute approximate surface area is 105 Å². The molecule has 3 nitrogen and oxygen atoms in total. The van der Waals surface area contributed by atoms with Gasteiger partial charge in [0.1, 0.15) is 11.5 Å². The second-order valence-electron chi connectivity index (χ2n) is 3.80. The van der Waals surface area contributed by atoms with Crippen LogP contribution in [0, 0.1) is 0 Å². The second kappa shape index (κ2) is 5.10. The highest BCUT2D eigenvalue weighted by Gasteiger charge is 2.11. The van der Waals surface area contributed by atoms with Gasteiger partial charge in [-0.3, -0.25) is 0 Å². The van der Waals surface area contributed by atoms with Crippen LogP contribution in [0.25, 0.3) is 0 Å². The van der Waals surface area contributed by atoms with Gasteiger partial charge in [0, 0.05) is 16.6 Å². The average molecular weight is 249 g/mol. The molecule has 0 aliphatic heterocycles. The number of aromatic hydroxyl groups is 1. The van der Waals surface area contributed by atoms with E-state index >= 15 is 0 Å². The maximum absolute atomic E-state index is 9.84. The molecule has 90 valence electrons. The van der Waals surface area contributed by atoms with Crippen LogP contribution in [-0.4, -0.2) is 12.2 Å². The van der Waals surface area contributed by atoms with Crippen LogP contribution >= 0.6 is 11.3 Å². The molecule has 2 rings (SSSR count). The number of phenolic OH excluding ortho intramolecular Hbond substituents is 1. The topological polar surface area (TPSA) is 41.5 Å². The minimum Gasteiger partial charge on any atom is -0.508 e. The first-order valence-corrected chi connectivity index (χ1v) is 6.30. The Bertz CT molecular complexity index is 482. The molecule has 1 unspecified atom stereocenters. The van der Waals surface area contributed by atoms with Crippen molar-refractivity contribution in [2.24, 2.45) is 0 Å². The van der Waals surface area contributed by atoms with Crippen molar-refractivity contribution in [2.45, 2.75) is 13.0 Å². The standard InChI is InChI=1S/C13H15NO2S/c1-9(14-10-5-6-17-8-10)12-7-11(16-2)3-4-13(12)15/h3-9,14-15H,1-2H3. The van der Waals surface area contributed by atoms with Crippen LogP contribution < -0.4 is 10.1 Å². The molecule has 0 fully saturated rings. The molecule has 0 bridgehead atoms. The third kappa shape index (κ3) is 2.71. The number of thiophene rings is 1. The molecular weight excluding hydrogens is 234 g/mol. The van der Waals surface area contributed by atoms with Gasteiger partial charge in [0.15, 0.2) is 0 Å². The summed E-state index contributed by atoms with van der Waals surface area (Å²) in [5, 5.41) is 17.2. The number of rotatable bonds is 4. The van der Waals surface area contributed by atoms with E-state index in [2.05, 4.69) is 5.32 Å². The van der Waals surface area contributed by atoms with E-state index < -0.39 is 0 Å². The number of anilines is 1. The summed E-state index contributed by atoms with van der Waals surface area (Å²) in [4.78, 5) is 0. The lowest BCUT2D eigenvalue weighted by Gasteiger charge is -2.16. The highest BCUT2D eigenvalue weighted by Crippen LogP contribution is 2.30. The monoisotopic (exact) mass is 249 g/mol. The maximum Gasteiger partial charge on any atom is 0.121 e.